The predicted molar refractivity (Wildman–Crippen MR) is 84.5 cm³/mol. The van der Waals surface area contributed by atoms with Crippen molar-refractivity contribution in [2.24, 2.45) is 0 Å². The monoisotopic (exact) mass is 371 g/mol. The third kappa shape index (κ3) is 18.5. The Morgan fingerprint density at radius 1 is 0.625 bits per heavy atom. The fourth-order valence-electron chi connectivity index (χ4n) is 1.34. The summed E-state index contributed by atoms with van der Waals surface area (Å²) in [6, 6.07) is 0. The molecule has 0 aliphatic rings. The van der Waals surface area contributed by atoms with Crippen LogP contribution in [0.5, 0.6) is 0 Å². The second kappa shape index (κ2) is 6.06. The van der Waals surface area contributed by atoms with E-state index in [9.17, 15) is 0 Å². The van der Waals surface area contributed by atoms with Gasteiger partial charge in [0.25, 0.3) is 0 Å². The Morgan fingerprint density at radius 3 is 0.750 bits per heavy atom. The van der Waals surface area contributed by atoms with E-state index in [0.29, 0.717) is 0 Å². The van der Waals surface area contributed by atoms with E-state index in [1.165, 1.54) is 30.7 Å². The second-order valence-corrected chi connectivity index (χ2v) is 28.5. The minimum atomic E-state index is -4.82. The summed E-state index contributed by atoms with van der Waals surface area (Å²) >= 11 is 30.0. The van der Waals surface area contributed by atoms with E-state index in [4.69, 9.17) is 67.4 Å². The van der Waals surface area contributed by atoms with Gasteiger partial charge in [0.2, 0.25) is 0 Å². The van der Waals surface area contributed by atoms with Crippen molar-refractivity contribution in [2.45, 2.75) is 27.7 Å². The SMILES string of the molecule is CC[N+](CC)(CC)CC.Cl[P-](Cl)(Cl)(Cl)(Cl)Cl. The Labute approximate surface area is 127 Å². The number of halogens is 6. The normalized spacial score (nSPS) is 16.9. The number of rotatable bonds is 4. The first-order valence-electron chi connectivity index (χ1n) is 5.11. The molecule has 0 unspecified atom stereocenters. The summed E-state index contributed by atoms with van der Waals surface area (Å²) in [5.41, 5.74) is 0. The molecule has 0 aliphatic carbocycles. The number of hydrogen-bond acceptors (Lipinski definition) is 0. The van der Waals surface area contributed by atoms with E-state index in [0.717, 1.165) is 0 Å². The van der Waals surface area contributed by atoms with Crippen LogP contribution in [0.4, 0.5) is 0 Å². The Balaban J connectivity index is 0. The summed E-state index contributed by atoms with van der Waals surface area (Å²) in [4.78, 5) is 0. The van der Waals surface area contributed by atoms with Crippen LogP contribution in [-0.2, 0) is 0 Å². The second-order valence-electron chi connectivity index (χ2n) is 3.56. The van der Waals surface area contributed by atoms with Gasteiger partial charge in [-0.15, -0.1) is 0 Å². The molecular weight excluding hydrogens is 354 g/mol. The van der Waals surface area contributed by atoms with Gasteiger partial charge >= 0.3 is 69.5 Å². The molecule has 1 nitrogen and oxygen atoms in total. The molecule has 0 aromatic rings. The van der Waals surface area contributed by atoms with E-state index in [2.05, 4.69) is 27.7 Å². The molecule has 0 heterocycles. The van der Waals surface area contributed by atoms with Crippen molar-refractivity contribution in [3.05, 3.63) is 0 Å². The van der Waals surface area contributed by atoms with Gasteiger partial charge in [-0.2, -0.15) is 0 Å². The first kappa shape index (κ1) is 20.4. The average Bonchev–Trinajstić information content (AvgIpc) is 2.04. The average molecular weight is 374 g/mol. The van der Waals surface area contributed by atoms with Crippen molar-refractivity contribution in [1.29, 1.82) is 0 Å². The van der Waals surface area contributed by atoms with E-state index >= 15 is 0 Å². The molecule has 0 atom stereocenters. The third-order valence-electron chi connectivity index (χ3n) is 2.68. The van der Waals surface area contributed by atoms with Crippen LogP contribution in [-0.4, -0.2) is 30.7 Å². The van der Waals surface area contributed by atoms with Crippen LogP contribution in [0.2, 0.25) is 0 Å². The first-order valence-corrected chi connectivity index (χ1v) is 13.2. The molecule has 0 rings (SSSR count). The Bertz CT molecular complexity index is 175. The van der Waals surface area contributed by atoms with Crippen LogP contribution in [0.15, 0.2) is 0 Å². The fourth-order valence-corrected chi connectivity index (χ4v) is 1.34. The first-order chi connectivity index (χ1) is 6.69. The summed E-state index contributed by atoms with van der Waals surface area (Å²) in [6.45, 7) is 14.2. The van der Waals surface area contributed by atoms with Crippen molar-refractivity contribution >= 4 is 69.5 Å². The molecule has 0 saturated carbocycles. The van der Waals surface area contributed by atoms with Gasteiger partial charge in [-0.05, 0) is 27.7 Å². The van der Waals surface area contributed by atoms with E-state index in [1.807, 2.05) is 0 Å². The summed E-state index contributed by atoms with van der Waals surface area (Å²) < 4.78 is -3.55. The van der Waals surface area contributed by atoms with Crippen molar-refractivity contribution in [1.82, 2.24) is 0 Å². The van der Waals surface area contributed by atoms with Gasteiger partial charge in [0, 0.05) is 0 Å². The Morgan fingerprint density at radius 2 is 0.750 bits per heavy atom. The zero-order chi connectivity index (χ0) is 13.7. The van der Waals surface area contributed by atoms with Crippen molar-refractivity contribution in [3.63, 3.8) is 0 Å². The van der Waals surface area contributed by atoms with Crippen LogP contribution in [0, 0.1) is 0 Å². The maximum absolute atomic E-state index is 5.00. The van der Waals surface area contributed by atoms with E-state index < -0.39 is 2.06 Å². The molecule has 0 amide bonds. The number of nitrogens with zero attached hydrogens (tertiary/aromatic N) is 1. The van der Waals surface area contributed by atoms with E-state index in [-0.39, 0.29) is 0 Å². The summed E-state index contributed by atoms with van der Waals surface area (Å²) in [6.07, 6.45) is 0. The van der Waals surface area contributed by atoms with Gasteiger partial charge in [-0.3, -0.25) is 0 Å². The molecular formula is C8H20Cl6NP. The molecule has 8 heteroatoms. The Hall–Kier alpha value is 2.13. The minimum absolute atomic E-state index is 1.28. The molecule has 0 aromatic carbocycles. The quantitative estimate of drug-likeness (QED) is 0.372. The molecule has 0 fully saturated rings. The third-order valence-corrected chi connectivity index (χ3v) is 2.68. The molecule has 0 bridgehead atoms. The van der Waals surface area contributed by atoms with Crippen LogP contribution in [0.1, 0.15) is 27.7 Å². The standard InChI is InChI=1S/C8H20N.Cl6P/c1-5-9(6-2,7-3)8-4;1-7(2,3,4,5)6/h5-8H2,1-4H3;/q+1;-1. The molecule has 0 aliphatic heterocycles. The topological polar surface area (TPSA) is 0 Å². The molecule has 0 radical (unpaired) electrons. The molecule has 0 aromatic heterocycles. The van der Waals surface area contributed by atoms with Crippen LogP contribution in [0.3, 0.4) is 0 Å². The molecule has 16 heavy (non-hydrogen) atoms. The number of hydrogen-bond donors (Lipinski definition) is 0. The van der Waals surface area contributed by atoms with Gasteiger partial charge in [0.1, 0.15) is 0 Å². The van der Waals surface area contributed by atoms with Crippen molar-refractivity contribution in [3.8, 4) is 0 Å². The summed E-state index contributed by atoms with van der Waals surface area (Å²) in [5, 5.41) is 0. The maximum atomic E-state index is 5.00. The van der Waals surface area contributed by atoms with Crippen molar-refractivity contribution < 1.29 is 4.48 Å². The zero-order valence-corrected chi connectivity index (χ0v) is 15.4. The van der Waals surface area contributed by atoms with Gasteiger partial charge < -0.3 is 4.48 Å². The van der Waals surface area contributed by atoms with Gasteiger partial charge in [0.15, 0.2) is 0 Å². The van der Waals surface area contributed by atoms with Gasteiger partial charge in [-0.1, -0.05) is 0 Å². The van der Waals surface area contributed by atoms with Crippen LogP contribution in [0.25, 0.3) is 0 Å². The summed E-state index contributed by atoms with van der Waals surface area (Å²) in [7, 11) is 0. The number of quaternary nitrogens is 1. The zero-order valence-electron chi connectivity index (χ0n) is 9.99. The molecule has 0 spiro atoms. The van der Waals surface area contributed by atoms with Crippen LogP contribution < -0.4 is 0 Å². The molecule has 0 saturated heterocycles. The fraction of sp³-hybridized carbons (Fsp3) is 1.00. The molecule has 104 valence electrons. The van der Waals surface area contributed by atoms with Gasteiger partial charge in [0.05, 0.1) is 26.2 Å². The molecule has 0 N–H and O–H groups in total. The Kier molecular flexibility index (Phi) is 7.74. The van der Waals surface area contributed by atoms with E-state index in [1.54, 1.807) is 0 Å². The summed E-state index contributed by atoms with van der Waals surface area (Å²) in [5.74, 6) is 0. The predicted octanol–water partition coefficient (Wildman–Crippen LogP) is 6.88. The van der Waals surface area contributed by atoms with Gasteiger partial charge in [-0.25, -0.2) is 0 Å². The van der Waals surface area contributed by atoms with Crippen LogP contribution >= 0.6 is 69.5 Å². The van der Waals surface area contributed by atoms with Crippen molar-refractivity contribution in [2.75, 3.05) is 26.2 Å².